The number of benzene rings is 1. The summed E-state index contributed by atoms with van der Waals surface area (Å²) in [5.74, 6) is 0.0757. The van der Waals surface area contributed by atoms with Crippen LogP contribution in [-0.4, -0.2) is 11.3 Å². The van der Waals surface area contributed by atoms with Gasteiger partial charge in [0.25, 0.3) is 0 Å². The zero-order valence-electron chi connectivity index (χ0n) is 9.71. The molecule has 0 aliphatic heterocycles. The minimum Gasteiger partial charge on any atom is -0.319 e. The van der Waals surface area contributed by atoms with Crippen molar-refractivity contribution in [3.8, 4) is 0 Å². The van der Waals surface area contributed by atoms with Gasteiger partial charge in [0.2, 0.25) is 0 Å². The molecule has 0 spiro atoms. The quantitative estimate of drug-likeness (QED) is 0.818. The summed E-state index contributed by atoms with van der Waals surface area (Å²) in [5.41, 5.74) is 7.33. The second kappa shape index (κ2) is 4.58. The van der Waals surface area contributed by atoms with Crippen molar-refractivity contribution in [2.24, 2.45) is 5.73 Å². The van der Waals surface area contributed by atoms with Crippen molar-refractivity contribution in [3.63, 3.8) is 0 Å². The van der Waals surface area contributed by atoms with E-state index in [1.165, 1.54) is 5.56 Å². The molecule has 2 heteroatoms. The number of carbonyl (C=O) groups excluding carboxylic acids is 1. The third-order valence-corrected chi connectivity index (χ3v) is 2.51. The molecular weight excluding hydrogens is 186 g/mol. The van der Waals surface area contributed by atoms with Crippen LogP contribution in [0.25, 0.3) is 0 Å². The molecule has 2 N–H and O–H groups in total. The van der Waals surface area contributed by atoms with Crippen LogP contribution >= 0.6 is 0 Å². The molecular formula is C13H19NO. The summed E-state index contributed by atoms with van der Waals surface area (Å²) < 4.78 is 0. The molecule has 2 nitrogen and oxygen atoms in total. The van der Waals surface area contributed by atoms with Crippen LogP contribution < -0.4 is 5.73 Å². The van der Waals surface area contributed by atoms with E-state index >= 15 is 0 Å². The highest BCUT2D eigenvalue weighted by molar-refractivity contribution is 5.89. The fourth-order valence-electron chi connectivity index (χ4n) is 1.31. The Kier molecular flexibility index (Phi) is 3.64. The topological polar surface area (TPSA) is 43.1 Å². The number of carbonyl (C=O) groups is 1. The predicted octanol–water partition coefficient (Wildman–Crippen LogP) is 2.10. The smallest absolute Gasteiger partial charge is 0.156 e. The van der Waals surface area contributed by atoms with Gasteiger partial charge in [0.15, 0.2) is 5.78 Å². The second-order valence-corrected chi connectivity index (χ2v) is 4.49. The molecule has 1 rings (SSSR count). The first-order chi connectivity index (χ1) is 6.93. The van der Waals surface area contributed by atoms with Gasteiger partial charge in [0, 0.05) is 6.42 Å². The van der Waals surface area contributed by atoms with Crippen LogP contribution in [0.15, 0.2) is 24.3 Å². The van der Waals surface area contributed by atoms with Crippen molar-refractivity contribution in [1.29, 1.82) is 0 Å². The van der Waals surface area contributed by atoms with Gasteiger partial charge in [-0.25, -0.2) is 0 Å². The zero-order valence-corrected chi connectivity index (χ0v) is 9.71. The predicted molar refractivity (Wildman–Crippen MR) is 62.8 cm³/mol. The van der Waals surface area contributed by atoms with Crippen LogP contribution in [-0.2, 0) is 17.6 Å². The molecule has 1 aromatic rings. The van der Waals surface area contributed by atoms with Gasteiger partial charge in [-0.3, -0.25) is 4.79 Å². The third-order valence-electron chi connectivity index (χ3n) is 2.51. The Hall–Kier alpha value is -1.15. The Morgan fingerprint density at radius 3 is 2.07 bits per heavy atom. The van der Waals surface area contributed by atoms with Crippen LogP contribution in [0.3, 0.4) is 0 Å². The van der Waals surface area contributed by atoms with Crippen molar-refractivity contribution >= 4 is 5.78 Å². The maximum atomic E-state index is 11.7. The van der Waals surface area contributed by atoms with E-state index in [2.05, 4.69) is 19.1 Å². The monoisotopic (exact) mass is 205 g/mol. The summed E-state index contributed by atoms with van der Waals surface area (Å²) in [7, 11) is 0. The third kappa shape index (κ3) is 3.48. The summed E-state index contributed by atoms with van der Waals surface area (Å²) in [4.78, 5) is 11.7. The molecule has 15 heavy (non-hydrogen) atoms. The average Bonchev–Trinajstić information content (AvgIpc) is 2.17. The minimum absolute atomic E-state index is 0.0757. The van der Waals surface area contributed by atoms with Gasteiger partial charge < -0.3 is 5.73 Å². The molecule has 0 bridgehead atoms. The largest absolute Gasteiger partial charge is 0.319 e. The lowest BCUT2D eigenvalue weighted by atomic mass is 9.94. The van der Waals surface area contributed by atoms with E-state index in [1.807, 2.05) is 12.1 Å². The van der Waals surface area contributed by atoms with Crippen LogP contribution in [0, 0.1) is 0 Å². The number of hydrogen-bond donors (Lipinski definition) is 1. The van der Waals surface area contributed by atoms with Crippen molar-refractivity contribution in [3.05, 3.63) is 35.4 Å². The molecule has 0 radical (unpaired) electrons. The van der Waals surface area contributed by atoms with Crippen molar-refractivity contribution < 1.29 is 4.79 Å². The molecule has 0 aromatic heterocycles. The molecule has 82 valence electrons. The summed E-state index contributed by atoms with van der Waals surface area (Å²) in [6.07, 6.45) is 1.45. The maximum Gasteiger partial charge on any atom is 0.156 e. The Bertz CT molecular complexity index is 333. The molecule has 0 heterocycles. The van der Waals surface area contributed by atoms with Gasteiger partial charge >= 0.3 is 0 Å². The van der Waals surface area contributed by atoms with Gasteiger partial charge in [-0.1, -0.05) is 31.2 Å². The van der Waals surface area contributed by atoms with E-state index in [9.17, 15) is 4.79 Å². The van der Waals surface area contributed by atoms with Gasteiger partial charge in [0.05, 0.1) is 5.54 Å². The second-order valence-electron chi connectivity index (χ2n) is 4.49. The fraction of sp³-hybridized carbons (Fsp3) is 0.462. The van der Waals surface area contributed by atoms with E-state index in [0.717, 1.165) is 12.0 Å². The molecule has 0 unspecified atom stereocenters. The molecule has 0 aliphatic carbocycles. The summed E-state index contributed by atoms with van der Waals surface area (Å²) in [6.45, 7) is 5.61. The maximum absolute atomic E-state index is 11.7. The molecule has 0 saturated heterocycles. The number of Topliss-reactive ketones (excluding diaryl/α,β-unsaturated/α-hetero) is 1. The van der Waals surface area contributed by atoms with Crippen LogP contribution in [0.1, 0.15) is 31.9 Å². The highest BCUT2D eigenvalue weighted by Crippen LogP contribution is 2.09. The van der Waals surface area contributed by atoms with E-state index < -0.39 is 5.54 Å². The molecule has 1 aromatic carbocycles. The molecule has 0 amide bonds. The summed E-state index contributed by atoms with van der Waals surface area (Å²) in [6, 6.07) is 8.13. The van der Waals surface area contributed by atoms with Gasteiger partial charge in [-0.05, 0) is 31.4 Å². The van der Waals surface area contributed by atoms with Crippen molar-refractivity contribution in [2.45, 2.75) is 39.2 Å². The van der Waals surface area contributed by atoms with Gasteiger partial charge in [-0.2, -0.15) is 0 Å². The Morgan fingerprint density at radius 1 is 1.20 bits per heavy atom. The van der Waals surface area contributed by atoms with E-state index in [1.54, 1.807) is 13.8 Å². The lowest BCUT2D eigenvalue weighted by molar-refractivity contribution is -0.122. The average molecular weight is 205 g/mol. The highest BCUT2D eigenvalue weighted by atomic mass is 16.1. The van der Waals surface area contributed by atoms with E-state index in [4.69, 9.17) is 5.73 Å². The SMILES string of the molecule is CCc1ccc(CC(=O)C(C)(C)N)cc1. The lowest BCUT2D eigenvalue weighted by Gasteiger charge is -2.16. The number of rotatable bonds is 4. The first kappa shape index (κ1) is 11.9. The number of nitrogens with two attached hydrogens (primary N) is 1. The van der Waals surface area contributed by atoms with Crippen molar-refractivity contribution in [1.82, 2.24) is 0 Å². The lowest BCUT2D eigenvalue weighted by Crippen LogP contribution is -2.42. The van der Waals surface area contributed by atoms with E-state index in [-0.39, 0.29) is 5.78 Å². The number of hydrogen-bond acceptors (Lipinski definition) is 2. The summed E-state index contributed by atoms with van der Waals surface area (Å²) in [5, 5.41) is 0. The first-order valence-electron chi connectivity index (χ1n) is 5.33. The fourth-order valence-corrected chi connectivity index (χ4v) is 1.31. The first-order valence-corrected chi connectivity index (χ1v) is 5.33. The Balaban J connectivity index is 2.70. The standard InChI is InChI=1S/C13H19NO/c1-4-10-5-7-11(8-6-10)9-12(15)13(2,3)14/h5-8H,4,9,14H2,1-3H3. The van der Waals surface area contributed by atoms with E-state index in [0.29, 0.717) is 6.42 Å². The minimum atomic E-state index is -0.733. The van der Waals surface area contributed by atoms with Crippen LogP contribution in [0.4, 0.5) is 0 Å². The van der Waals surface area contributed by atoms with Crippen LogP contribution in [0.5, 0.6) is 0 Å². The molecule has 0 fully saturated rings. The summed E-state index contributed by atoms with van der Waals surface area (Å²) >= 11 is 0. The molecule has 0 aliphatic rings. The van der Waals surface area contributed by atoms with Gasteiger partial charge in [0.1, 0.15) is 0 Å². The Labute approximate surface area is 91.5 Å². The molecule has 0 saturated carbocycles. The number of ketones is 1. The normalized spacial score (nSPS) is 11.5. The van der Waals surface area contributed by atoms with Crippen LogP contribution in [0.2, 0.25) is 0 Å². The highest BCUT2D eigenvalue weighted by Gasteiger charge is 2.21. The van der Waals surface area contributed by atoms with Crippen molar-refractivity contribution in [2.75, 3.05) is 0 Å². The zero-order chi connectivity index (χ0) is 11.5. The number of aryl methyl sites for hydroxylation is 1. The Morgan fingerprint density at radius 2 is 1.67 bits per heavy atom. The van der Waals surface area contributed by atoms with Gasteiger partial charge in [-0.15, -0.1) is 0 Å². The molecule has 0 atom stereocenters.